The van der Waals surface area contributed by atoms with Gasteiger partial charge in [-0.3, -0.25) is 0 Å². The third-order valence-corrected chi connectivity index (χ3v) is 1.41. The van der Waals surface area contributed by atoms with E-state index in [2.05, 4.69) is 6.20 Å². The summed E-state index contributed by atoms with van der Waals surface area (Å²) < 4.78 is 1.39. The van der Waals surface area contributed by atoms with Crippen molar-refractivity contribution in [2.75, 3.05) is 0 Å². The van der Waals surface area contributed by atoms with Gasteiger partial charge in [0.25, 0.3) is 0 Å². The predicted octanol–water partition coefficient (Wildman–Crippen LogP) is 1.93. The van der Waals surface area contributed by atoms with Crippen molar-refractivity contribution in [1.82, 2.24) is 3.82 Å². The van der Waals surface area contributed by atoms with Gasteiger partial charge in [0.2, 0.25) is 0 Å². The van der Waals surface area contributed by atoms with E-state index in [1.165, 1.54) is 15.8 Å². The van der Waals surface area contributed by atoms with Crippen molar-refractivity contribution < 1.29 is 0 Å². The molecule has 0 saturated heterocycles. The minimum Gasteiger partial charge on any atom is -0.221 e. The number of rotatable bonds is 0. The van der Waals surface area contributed by atoms with E-state index in [0.29, 0.717) is 0 Å². The molecule has 1 radical (unpaired) electrons. The van der Waals surface area contributed by atoms with Gasteiger partial charge in [0.05, 0.1) is 6.20 Å². The average molecular weight is 133 g/mol. The van der Waals surface area contributed by atoms with Crippen LogP contribution in [0.15, 0.2) is 17.6 Å². The first-order valence-corrected chi connectivity index (χ1v) is 2.94. The lowest BCUT2D eigenvalue weighted by molar-refractivity contribution is 0.974. The number of allylic oxidation sites excluding steroid dienone is 2. The minimum absolute atomic E-state index is 1.39. The van der Waals surface area contributed by atoms with Gasteiger partial charge in [-0.2, -0.15) is 0 Å². The van der Waals surface area contributed by atoms with Crippen LogP contribution in [0.1, 0.15) is 0 Å². The van der Waals surface area contributed by atoms with E-state index in [1.54, 1.807) is 6.08 Å². The molecule has 7 heavy (non-hydrogen) atoms. The summed E-state index contributed by atoms with van der Waals surface area (Å²) in [6.45, 7) is 0. The van der Waals surface area contributed by atoms with Crippen molar-refractivity contribution in [1.29, 1.82) is 0 Å². The van der Waals surface area contributed by atoms with E-state index in [9.17, 15) is 0 Å². The Morgan fingerprint density at radius 3 is 2.86 bits per heavy atom. The van der Waals surface area contributed by atoms with Crippen molar-refractivity contribution in [3.8, 4) is 0 Å². The lowest BCUT2D eigenvalue weighted by atomic mass is 10.6. The van der Waals surface area contributed by atoms with Gasteiger partial charge in [-0.05, 0) is 23.4 Å². The monoisotopic (exact) mass is 132 g/mol. The third-order valence-electron chi connectivity index (χ3n) is 0.504. The van der Waals surface area contributed by atoms with Crippen LogP contribution in [-0.2, 0) is 0 Å². The maximum absolute atomic E-state index is 5.42. The Kier molecular flexibility index (Phi) is 1.65. The molecule has 0 aromatic carbocycles. The van der Waals surface area contributed by atoms with Crippen LogP contribution in [0.2, 0.25) is 0 Å². The molecule has 0 fully saturated rings. The zero-order valence-electron chi connectivity index (χ0n) is 3.47. The Morgan fingerprint density at radius 2 is 2.57 bits per heavy atom. The number of halogens is 1. The minimum atomic E-state index is 1.39. The molecule has 0 bridgehead atoms. The van der Waals surface area contributed by atoms with Gasteiger partial charge in [0.15, 0.2) is 0 Å². The van der Waals surface area contributed by atoms with Crippen LogP contribution in [0.3, 0.4) is 0 Å². The summed E-state index contributed by atoms with van der Waals surface area (Å²) >= 11 is 6.81. The summed E-state index contributed by atoms with van der Waals surface area (Å²) in [5, 5.41) is 1.88. The molecule has 1 rings (SSSR count). The Balaban J connectivity index is 2.49. The molecule has 0 aromatic heterocycles. The number of hydrogen-bond acceptors (Lipinski definition) is 2. The third kappa shape index (κ3) is 1.45. The highest BCUT2D eigenvalue weighted by atomic mass is 35.5. The van der Waals surface area contributed by atoms with Crippen molar-refractivity contribution in [2.45, 2.75) is 0 Å². The fraction of sp³-hybridized carbons (Fsp3) is 0. The van der Waals surface area contributed by atoms with Crippen LogP contribution in [0, 0.1) is 6.20 Å². The van der Waals surface area contributed by atoms with Crippen LogP contribution in [0.4, 0.5) is 0 Å². The molecule has 0 unspecified atom stereocenters. The SMILES string of the molecule is ClN1[C]=CC=CS1. The largest absolute Gasteiger partial charge is 0.221 e. The van der Waals surface area contributed by atoms with Crippen LogP contribution >= 0.6 is 23.7 Å². The van der Waals surface area contributed by atoms with Crippen molar-refractivity contribution in [3.05, 3.63) is 23.8 Å². The van der Waals surface area contributed by atoms with Crippen LogP contribution in [0.5, 0.6) is 0 Å². The molecule has 1 nitrogen and oxygen atoms in total. The summed E-state index contributed by atoms with van der Waals surface area (Å²) in [5.41, 5.74) is 0. The summed E-state index contributed by atoms with van der Waals surface area (Å²) in [7, 11) is 0. The Hall–Kier alpha value is -0.0800. The predicted molar refractivity (Wildman–Crippen MR) is 32.2 cm³/mol. The quantitative estimate of drug-likeness (QED) is 0.366. The second-order valence-electron chi connectivity index (χ2n) is 0.975. The zero-order valence-corrected chi connectivity index (χ0v) is 5.04. The molecule has 0 amide bonds. The second-order valence-corrected chi connectivity index (χ2v) is 2.36. The molecule has 0 spiro atoms. The maximum atomic E-state index is 5.42. The van der Waals surface area contributed by atoms with Gasteiger partial charge in [0, 0.05) is 11.8 Å². The van der Waals surface area contributed by atoms with Gasteiger partial charge < -0.3 is 0 Å². The first kappa shape index (κ1) is 5.06. The molecular formula is C4H3ClNS. The highest BCUT2D eigenvalue weighted by Gasteiger charge is 1.92. The fourth-order valence-electron chi connectivity index (χ4n) is 0.260. The van der Waals surface area contributed by atoms with E-state index >= 15 is 0 Å². The zero-order chi connectivity index (χ0) is 5.11. The van der Waals surface area contributed by atoms with E-state index in [0.717, 1.165) is 0 Å². The molecule has 0 N–H and O–H groups in total. The topological polar surface area (TPSA) is 3.24 Å². The Morgan fingerprint density at radius 1 is 1.71 bits per heavy atom. The summed E-state index contributed by atoms with van der Waals surface area (Å²) in [4.78, 5) is 0. The lowest BCUT2D eigenvalue weighted by Gasteiger charge is -2.04. The van der Waals surface area contributed by atoms with Crippen molar-refractivity contribution in [3.63, 3.8) is 0 Å². The molecule has 0 atom stereocenters. The molecule has 1 aliphatic heterocycles. The normalized spacial score (nSPS) is 18.1. The highest BCUT2D eigenvalue weighted by Crippen LogP contribution is 2.17. The lowest BCUT2D eigenvalue weighted by Crippen LogP contribution is -1.89. The van der Waals surface area contributed by atoms with Crippen molar-refractivity contribution in [2.24, 2.45) is 0 Å². The van der Waals surface area contributed by atoms with Crippen molar-refractivity contribution >= 4 is 23.7 Å². The molecule has 1 aliphatic rings. The number of hydrogen-bond donors (Lipinski definition) is 0. The van der Waals surface area contributed by atoms with Gasteiger partial charge in [-0.25, -0.2) is 3.82 Å². The van der Waals surface area contributed by atoms with E-state index < -0.39 is 0 Å². The van der Waals surface area contributed by atoms with E-state index in [4.69, 9.17) is 11.8 Å². The van der Waals surface area contributed by atoms with Crippen LogP contribution in [-0.4, -0.2) is 3.82 Å². The number of nitrogens with zero attached hydrogens (tertiary/aromatic N) is 1. The molecule has 0 saturated carbocycles. The molecule has 1 heterocycles. The molecule has 37 valence electrons. The standard InChI is InChI=1S/C4H3ClNS/c5-6-3-1-2-4-7-6/h1-2,4H. The summed E-state index contributed by atoms with van der Waals surface area (Å²) in [6, 6.07) is 0. The van der Waals surface area contributed by atoms with Gasteiger partial charge in [-0.15, -0.1) is 0 Å². The average Bonchev–Trinajstić information content (AvgIpc) is 1.69. The van der Waals surface area contributed by atoms with Gasteiger partial charge in [0.1, 0.15) is 0 Å². The summed E-state index contributed by atoms with van der Waals surface area (Å²) in [5.74, 6) is 0. The van der Waals surface area contributed by atoms with Gasteiger partial charge in [-0.1, -0.05) is 6.08 Å². The van der Waals surface area contributed by atoms with Crippen LogP contribution in [0.25, 0.3) is 0 Å². The molecular weight excluding hydrogens is 130 g/mol. The van der Waals surface area contributed by atoms with E-state index in [-0.39, 0.29) is 0 Å². The Labute approximate surface area is 51.9 Å². The first-order valence-electron chi connectivity index (χ1n) is 1.77. The smallest absolute Gasteiger partial charge is 0.0912 e. The van der Waals surface area contributed by atoms with Gasteiger partial charge >= 0.3 is 0 Å². The highest BCUT2D eigenvalue weighted by molar-refractivity contribution is 8.00. The molecule has 3 heteroatoms. The summed E-state index contributed by atoms with van der Waals surface area (Å²) in [6.07, 6.45) is 6.36. The fourth-order valence-corrected chi connectivity index (χ4v) is 0.832. The molecule has 0 aromatic rings. The second kappa shape index (κ2) is 2.28. The first-order chi connectivity index (χ1) is 3.39. The molecule has 0 aliphatic carbocycles. The van der Waals surface area contributed by atoms with E-state index in [1.807, 2.05) is 11.5 Å². The maximum Gasteiger partial charge on any atom is 0.0912 e. The van der Waals surface area contributed by atoms with Crippen LogP contribution < -0.4 is 0 Å². The Bertz CT molecular complexity index is 110.